The van der Waals surface area contributed by atoms with Crippen molar-refractivity contribution in [2.45, 2.75) is 31.3 Å². The molecule has 1 saturated heterocycles. The Hall–Kier alpha value is -1.33. The maximum atomic E-state index is 12.1. The van der Waals surface area contributed by atoms with Crippen molar-refractivity contribution < 1.29 is 9.59 Å². The fraction of sp³-hybridized carbons (Fsp3) is 0.429. The van der Waals surface area contributed by atoms with Gasteiger partial charge in [-0.3, -0.25) is 9.59 Å². The van der Waals surface area contributed by atoms with E-state index in [4.69, 9.17) is 5.73 Å². The lowest BCUT2D eigenvalue weighted by molar-refractivity contribution is -0.136. The maximum absolute atomic E-state index is 12.1. The molecule has 1 aliphatic heterocycles. The Balaban J connectivity index is 2.21. The zero-order valence-corrected chi connectivity index (χ0v) is 11.7. The molecule has 0 aromatic heterocycles. The van der Waals surface area contributed by atoms with Crippen molar-refractivity contribution in [3.05, 3.63) is 35.9 Å². The lowest BCUT2D eigenvalue weighted by Crippen LogP contribution is -2.46. The van der Waals surface area contributed by atoms with Crippen molar-refractivity contribution in [3.63, 3.8) is 0 Å². The Morgan fingerprint density at radius 3 is 2.53 bits per heavy atom. The van der Waals surface area contributed by atoms with E-state index in [2.05, 4.69) is 12.6 Å². The van der Waals surface area contributed by atoms with Gasteiger partial charge in [-0.15, -0.1) is 12.6 Å². The molecule has 0 aliphatic carbocycles. The molecule has 0 radical (unpaired) electrons. The van der Waals surface area contributed by atoms with Crippen LogP contribution in [0.2, 0.25) is 0 Å². The van der Waals surface area contributed by atoms with Gasteiger partial charge >= 0.3 is 0 Å². The van der Waals surface area contributed by atoms with Crippen LogP contribution in [0.5, 0.6) is 0 Å². The van der Waals surface area contributed by atoms with Crippen molar-refractivity contribution in [1.82, 2.24) is 4.90 Å². The van der Waals surface area contributed by atoms with Crippen LogP contribution in [-0.2, 0) is 9.59 Å². The van der Waals surface area contributed by atoms with Gasteiger partial charge in [0.1, 0.15) is 6.04 Å². The number of nitrogens with zero attached hydrogens (tertiary/aromatic N) is 1. The van der Waals surface area contributed by atoms with E-state index in [0.29, 0.717) is 13.0 Å². The average Bonchev–Trinajstić information content (AvgIpc) is 2.83. The quantitative estimate of drug-likeness (QED) is 0.816. The molecule has 1 heterocycles. The first-order valence-corrected chi connectivity index (χ1v) is 6.79. The molecule has 1 aliphatic rings. The lowest BCUT2D eigenvalue weighted by atomic mass is 9.97. The van der Waals surface area contributed by atoms with Crippen LogP contribution in [0.3, 0.4) is 0 Å². The molecule has 3 atom stereocenters. The van der Waals surface area contributed by atoms with Crippen molar-refractivity contribution in [1.29, 1.82) is 0 Å². The van der Waals surface area contributed by atoms with Crippen LogP contribution in [0.1, 0.15) is 24.8 Å². The first kappa shape index (κ1) is 14.1. The number of nitrogens with two attached hydrogens (primary N) is 1. The average molecular weight is 278 g/mol. The summed E-state index contributed by atoms with van der Waals surface area (Å²) < 4.78 is 0. The standard InChI is InChI=1S/C14H18N2O2S/c1-9(15)13(17)16-8-11(7-12(16)14(18)19)10-5-3-2-4-6-10/h2-6,9,11-12H,7-8,15H2,1H3,(H,18,19)/t9-,11?,12-/m0/s1. The van der Waals surface area contributed by atoms with Crippen LogP contribution in [0.25, 0.3) is 0 Å². The molecular formula is C14H18N2O2S. The summed E-state index contributed by atoms with van der Waals surface area (Å²) in [5.41, 5.74) is 6.78. The van der Waals surface area contributed by atoms with Gasteiger partial charge < -0.3 is 10.6 Å². The molecule has 102 valence electrons. The third-order valence-electron chi connectivity index (χ3n) is 3.53. The van der Waals surface area contributed by atoms with Crippen molar-refractivity contribution >= 4 is 23.7 Å². The second-order valence-corrected chi connectivity index (χ2v) is 5.42. The molecule has 0 spiro atoms. The minimum absolute atomic E-state index is 0.171. The van der Waals surface area contributed by atoms with Gasteiger partial charge in [0, 0.05) is 12.5 Å². The Bertz CT molecular complexity index is 476. The summed E-state index contributed by atoms with van der Waals surface area (Å²) in [7, 11) is 0. The van der Waals surface area contributed by atoms with E-state index in [1.165, 1.54) is 0 Å². The van der Waals surface area contributed by atoms with E-state index in [9.17, 15) is 9.59 Å². The molecular weight excluding hydrogens is 260 g/mol. The van der Waals surface area contributed by atoms with Crippen LogP contribution in [0.4, 0.5) is 0 Å². The van der Waals surface area contributed by atoms with Crippen molar-refractivity contribution in [2.24, 2.45) is 5.73 Å². The summed E-state index contributed by atoms with van der Waals surface area (Å²) in [6.45, 7) is 2.17. The molecule has 1 aromatic carbocycles. The van der Waals surface area contributed by atoms with E-state index < -0.39 is 12.1 Å². The molecule has 1 unspecified atom stereocenters. The van der Waals surface area contributed by atoms with Gasteiger partial charge in [-0.25, -0.2) is 0 Å². The van der Waals surface area contributed by atoms with Gasteiger partial charge in [0.15, 0.2) is 0 Å². The van der Waals surface area contributed by atoms with Gasteiger partial charge in [-0.05, 0) is 18.9 Å². The fourth-order valence-corrected chi connectivity index (χ4v) is 2.79. The summed E-state index contributed by atoms with van der Waals surface area (Å²) in [5, 5.41) is -0.271. The monoisotopic (exact) mass is 278 g/mol. The number of carbonyl (C=O) groups is 2. The van der Waals surface area contributed by atoms with E-state index in [0.717, 1.165) is 5.56 Å². The summed E-state index contributed by atoms with van der Waals surface area (Å²) in [5.74, 6) is -0.0177. The van der Waals surface area contributed by atoms with Gasteiger partial charge in [-0.2, -0.15) is 0 Å². The number of amides is 1. The molecule has 19 heavy (non-hydrogen) atoms. The number of rotatable bonds is 3. The minimum Gasteiger partial charge on any atom is -0.330 e. The first-order valence-electron chi connectivity index (χ1n) is 6.34. The Morgan fingerprint density at radius 1 is 1.37 bits per heavy atom. The number of benzene rings is 1. The number of thiol groups is 1. The highest BCUT2D eigenvalue weighted by Crippen LogP contribution is 2.32. The van der Waals surface area contributed by atoms with Crippen LogP contribution >= 0.6 is 12.6 Å². The van der Waals surface area contributed by atoms with Crippen molar-refractivity contribution in [2.75, 3.05) is 6.54 Å². The predicted molar refractivity (Wildman–Crippen MR) is 76.9 cm³/mol. The smallest absolute Gasteiger partial charge is 0.239 e. The highest BCUT2D eigenvalue weighted by Gasteiger charge is 2.39. The Kier molecular flexibility index (Phi) is 4.27. The van der Waals surface area contributed by atoms with Crippen LogP contribution in [0, 0.1) is 0 Å². The summed E-state index contributed by atoms with van der Waals surface area (Å²) in [6.07, 6.45) is 0.616. The normalized spacial score (nSPS) is 24.3. The number of hydrogen-bond acceptors (Lipinski definition) is 3. The van der Waals surface area contributed by atoms with Gasteiger partial charge in [-0.1, -0.05) is 30.3 Å². The molecule has 5 heteroatoms. The van der Waals surface area contributed by atoms with Gasteiger partial charge in [0.05, 0.1) is 6.04 Å². The van der Waals surface area contributed by atoms with Gasteiger partial charge in [0.25, 0.3) is 0 Å². The second kappa shape index (κ2) is 5.75. The molecule has 0 saturated carbocycles. The second-order valence-electron chi connectivity index (χ2n) is 4.98. The lowest BCUT2D eigenvalue weighted by Gasteiger charge is -2.23. The molecule has 1 amide bonds. The number of carbonyl (C=O) groups excluding carboxylic acids is 2. The summed E-state index contributed by atoms with van der Waals surface area (Å²) in [4.78, 5) is 25.2. The third kappa shape index (κ3) is 2.98. The third-order valence-corrected chi connectivity index (χ3v) is 3.83. The Morgan fingerprint density at radius 2 is 2.00 bits per heavy atom. The predicted octanol–water partition coefficient (Wildman–Crippen LogP) is 1.17. The van der Waals surface area contributed by atoms with E-state index in [1.54, 1.807) is 11.8 Å². The van der Waals surface area contributed by atoms with E-state index in [-0.39, 0.29) is 16.9 Å². The van der Waals surface area contributed by atoms with E-state index in [1.807, 2.05) is 30.3 Å². The molecule has 2 N–H and O–H groups in total. The summed E-state index contributed by atoms with van der Waals surface area (Å²) >= 11 is 3.89. The highest BCUT2D eigenvalue weighted by atomic mass is 32.1. The SMILES string of the molecule is C[C@H](N)C(=O)N1CC(c2ccccc2)C[C@H]1C(=O)S. The topological polar surface area (TPSA) is 63.4 Å². The van der Waals surface area contributed by atoms with Crippen molar-refractivity contribution in [3.8, 4) is 0 Å². The molecule has 4 nitrogen and oxygen atoms in total. The molecule has 0 bridgehead atoms. The zero-order chi connectivity index (χ0) is 14.0. The van der Waals surface area contributed by atoms with Crippen LogP contribution < -0.4 is 5.73 Å². The fourth-order valence-electron chi connectivity index (χ4n) is 2.54. The number of hydrogen-bond donors (Lipinski definition) is 2. The van der Waals surface area contributed by atoms with Crippen LogP contribution in [-0.4, -0.2) is 34.6 Å². The van der Waals surface area contributed by atoms with Gasteiger partial charge in [0.2, 0.25) is 11.0 Å². The summed E-state index contributed by atoms with van der Waals surface area (Å²) in [6, 6.07) is 8.85. The molecule has 2 rings (SSSR count). The largest absolute Gasteiger partial charge is 0.330 e. The first-order chi connectivity index (χ1) is 9.00. The molecule has 1 aromatic rings. The molecule has 1 fully saturated rings. The number of likely N-dealkylation sites (tertiary alicyclic amines) is 1. The maximum Gasteiger partial charge on any atom is 0.239 e. The highest BCUT2D eigenvalue weighted by molar-refractivity contribution is 7.96. The zero-order valence-electron chi connectivity index (χ0n) is 10.8. The minimum atomic E-state index is -0.593. The van der Waals surface area contributed by atoms with E-state index >= 15 is 0 Å². The Labute approximate surface area is 118 Å². The van der Waals surface area contributed by atoms with Crippen LogP contribution in [0.15, 0.2) is 30.3 Å².